The number of carbonyl (C=O) groups excluding carboxylic acids is 1. The number of hydrogen-bond donors (Lipinski definition) is 0. The molecule has 0 saturated carbocycles. The van der Waals surface area contributed by atoms with Gasteiger partial charge in [-0.25, -0.2) is 4.99 Å². The number of benzene rings is 2. The average Bonchev–Trinajstić information content (AvgIpc) is 3.29. The Morgan fingerprint density at radius 3 is 2.63 bits per heavy atom. The minimum atomic E-state index is -0.869. The molecule has 1 fully saturated rings. The summed E-state index contributed by atoms with van der Waals surface area (Å²) in [5, 5.41) is 0. The fourth-order valence-corrected chi connectivity index (χ4v) is 5.75. The van der Waals surface area contributed by atoms with Crippen LogP contribution < -0.4 is 0 Å². The molecule has 7 rings (SSSR count). The van der Waals surface area contributed by atoms with Crippen molar-refractivity contribution in [2.45, 2.75) is 30.3 Å². The largest absolute Gasteiger partial charge is 0.482 e. The lowest BCUT2D eigenvalue weighted by molar-refractivity contribution is -0.138. The van der Waals surface area contributed by atoms with Gasteiger partial charge in [0, 0.05) is 24.1 Å². The van der Waals surface area contributed by atoms with Gasteiger partial charge in [-0.15, -0.1) is 0 Å². The van der Waals surface area contributed by atoms with Gasteiger partial charge in [0.1, 0.15) is 5.54 Å². The van der Waals surface area contributed by atoms with Crippen molar-refractivity contribution in [1.29, 1.82) is 0 Å². The molecule has 134 valence electrons. The van der Waals surface area contributed by atoms with Gasteiger partial charge in [-0.05, 0) is 29.5 Å². The summed E-state index contributed by atoms with van der Waals surface area (Å²) in [5.74, 6) is 0.849. The molecular weight excluding hydrogens is 336 g/mol. The fraction of sp³-hybridized carbons (Fsp3) is 0.304. The second-order valence-corrected chi connectivity index (χ2v) is 7.85. The van der Waals surface area contributed by atoms with Crippen LogP contribution in [-0.4, -0.2) is 41.4 Å². The number of amides is 1. The Morgan fingerprint density at radius 1 is 1.04 bits per heavy atom. The maximum atomic E-state index is 13.7. The van der Waals surface area contributed by atoms with Crippen molar-refractivity contribution < 1.29 is 9.53 Å². The van der Waals surface area contributed by atoms with Gasteiger partial charge in [0.2, 0.25) is 5.90 Å². The highest BCUT2D eigenvalue weighted by atomic mass is 16.5. The molecule has 4 heteroatoms. The molecule has 2 aromatic rings. The van der Waals surface area contributed by atoms with Gasteiger partial charge >= 0.3 is 0 Å². The molecule has 2 atom stereocenters. The van der Waals surface area contributed by atoms with E-state index in [2.05, 4.69) is 47.4 Å². The highest BCUT2D eigenvalue weighted by molar-refractivity contribution is 6.26. The summed E-state index contributed by atoms with van der Waals surface area (Å²) in [4.78, 5) is 20.8. The zero-order valence-electron chi connectivity index (χ0n) is 15.2. The minimum Gasteiger partial charge on any atom is -0.482 e. The molecule has 0 N–H and O–H groups in total. The Kier molecular flexibility index (Phi) is 2.75. The highest BCUT2D eigenvalue weighted by Gasteiger charge is 2.69. The quantitative estimate of drug-likeness (QED) is 0.787. The lowest BCUT2D eigenvalue weighted by Gasteiger charge is -2.53. The monoisotopic (exact) mass is 356 g/mol. The molecule has 27 heavy (non-hydrogen) atoms. The molecule has 1 aliphatic carbocycles. The third-order valence-electron chi connectivity index (χ3n) is 6.69. The van der Waals surface area contributed by atoms with Crippen LogP contribution >= 0.6 is 0 Å². The number of methoxy groups -OCH3 is 1. The van der Waals surface area contributed by atoms with Crippen LogP contribution in [0.3, 0.4) is 0 Å². The van der Waals surface area contributed by atoms with E-state index in [0.29, 0.717) is 12.3 Å². The first-order valence-corrected chi connectivity index (χ1v) is 9.58. The van der Waals surface area contributed by atoms with Gasteiger partial charge in [-0.3, -0.25) is 4.79 Å². The Hall–Kier alpha value is -2.88. The van der Waals surface area contributed by atoms with E-state index in [1.54, 1.807) is 7.11 Å². The van der Waals surface area contributed by atoms with Crippen molar-refractivity contribution in [1.82, 2.24) is 4.90 Å². The van der Waals surface area contributed by atoms with Crippen LogP contribution in [0.25, 0.3) is 11.1 Å². The molecule has 2 bridgehead atoms. The molecule has 5 aliphatic rings. The second-order valence-electron chi connectivity index (χ2n) is 7.85. The van der Waals surface area contributed by atoms with E-state index in [4.69, 9.17) is 9.73 Å². The Morgan fingerprint density at radius 2 is 1.81 bits per heavy atom. The van der Waals surface area contributed by atoms with Crippen molar-refractivity contribution in [2.75, 3.05) is 13.7 Å². The third kappa shape index (κ3) is 1.57. The molecule has 4 nitrogen and oxygen atoms in total. The Balaban J connectivity index is 1.78. The molecule has 0 radical (unpaired) electrons. The van der Waals surface area contributed by atoms with E-state index in [0.717, 1.165) is 30.5 Å². The van der Waals surface area contributed by atoms with Crippen LogP contribution in [0.2, 0.25) is 0 Å². The van der Waals surface area contributed by atoms with E-state index < -0.39 is 11.1 Å². The summed E-state index contributed by atoms with van der Waals surface area (Å²) >= 11 is 0. The SMILES string of the molecule is COC1=NC23Cc4ccccc4C2=C(c2ccccc2)C12CCCN2C3=O. The average molecular weight is 356 g/mol. The van der Waals surface area contributed by atoms with Crippen LogP contribution in [-0.2, 0) is 16.0 Å². The molecular formula is C23H20N2O2. The van der Waals surface area contributed by atoms with Crippen molar-refractivity contribution in [2.24, 2.45) is 4.99 Å². The Bertz CT molecular complexity index is 1060. The first kappa shape index (κ1) is 15.2. The van der Waals surface area contributed by atoms with Gasteiger partial charge in [0.05, 0.1) is 7.11 Å². The second kappa shape index (κ2) is 4.89. The zero-order chi connectivity index (χ0) is 18.2. The molecule has 0 aromatic heterocycles. The number of aliphatic imine (C=N–C) groups is 1. The van der Waals surface area contributed by atoms with E-state index >= 15 is 0 Å². The number of rotatable bonds is 1. The summed E-state index contributed by atoms with van der Waals surface area (Å²) in [7, 11) is 1.69. The molecule has 2 aromatic carbocycles. The molecule has 1 amide bonds. The normalized spacial score (nSPS) is 30.2. The first-order valence-electron chi connectivity index (χ1n) is 9.58. The number of fused-ring (bicyclic) bond motifs is 1. The van der Waals surface area contributed by atoms with Crippen molar-refractivity contribution >= 4 is 23.0 Å². The van der Waals surface area contributed by atoms with Gasteiger partial charge in [0.25, 0.3) is 5.91 Å². The van der Waals surface area contributed by atoms with E-state index in [1.165, 1.54) is 16.7 Å². The molecule has 2 spiro atoms. The maximum absolute atomic E-state index is 13.7. The lowest BCUT2D eigenvalue weighted by Crippen LogP contribution is -2.68. The number of nitrogens with zero attached hydrogens (tertiary/aromatic N) is 2. The molecule has 1 saturated heterocycles. The third-order valence-corrected chi connectivity index (χ3v) is 6.69. The highest BCUT2D eigenvalue weighted by Crippen LogP contribution is 2.61. The summed E-state index contributed by atoms with van der Waals surface area (Å²) < 4.78 is 5.85. The number of hydrogen-bond acceptors (Lipinski definition) is 3. The molecule has 4 heterocycles. The van der Waals surface area contributed by atoms with Gasteiger partial charge in [0.15, 0.2) is 5.54 Å². The Labute approximate surface area is 158 Å². The zero-order valence-corrected chi connectivity index (χ0v) is 15.2. The molecule has 4 aliphatic heterocycles. The fourth-order valence-electron chi connectivity index (χ4n) is 5.75. The minimum absolute atomic E-state index is 0.145. The predicted octanol–water partition coefficient (Wildman–Crippen LogP) is 3.33. The predicted molar refractivity (Wildman–Crippen MR) is 104 cm³/mol. The number of ether oxygens (including phenoxy) is 1. The van der Waals surface area contributed by atoms with Crippen molar-refractivity contribution in [3.05, 3.63) is 71.3 Å². The van der Waals surface area contributed by atoms with Crippen LogP contribution in [0.5, 0.6) is 0 Å². The van der Waals surface area contributed by atoms with E-state index in [-0.39, 0.29) is 5.91 Å². The van der Waals surface area contributed by atoms with Crippen LogP contribution in [0.1, 0.15) is 29.5 Å². The topological polar surface area (TPSA) is 41.9 Å². The van der Waals surface area contributed by atoms with E-state index in [9.17, 15) is 4.79 Å². The first-order chi connectivity index (χ1) is 13.2. The smallest absolute Gasteiger partial charge is 0.256 e. The summed E-state index contributed by atoms with van der Waals surface area (Å²) in [6.45, 7) is 0.767. The summed E-state index contributed by atoms with van der Waals surface area (Å²) in [5.41, 5.74) is 4.43. The van der Waals surface area contributed by atoms with Crippen molar-refractivity contribution in [3.63, 3.8) is 0 Å². The van der Waals surface area contributed by atoms with Gasteiger partial charge < -0.3 is 9.64 Å². The van der Waals surface area contributed by atoms with Gasteiger partial charge in [-0.1, -0.05) is 54.6 Å². The van der Waals surface area contributed by atoms with Gasteiger partial charge in [-0.2, -0.15) is 0 Å². The van der Waals surface area contributed by atoms with Crippen molar-refractivity contribution in [3.8, 4) is 0 Å². The van der Waals surface area contributed by atoms with Crippen LogP contribution in [0.15, 0.2) is 59.6 Å². The molecule has 2 unspecified atom stereocenters. The standard InChI is InChI=1S/C23H20N2O2/c1-27-20-23-12-7-13-25(23)21(26)22(24-20)14-16-10-5-6-11-17(16)19(22)18(23)15-8-3-2-4-9-15/h2-6,8-11H,7,12-14H2,1H3. The maximum Gasteiger partial charge on any atom is 0.256 e. The van der Waals surface area contributed by atoms with E-state index in [1.807, 2.05) is 12.1 Å². The summed E-state index contributed by atoms with van der Waals surface area (Å²) in [6.07, 6.45) is 2.44. The van der Waals surface area contributed by atoms with Crippen LogP contribution in [0.4, 0.5) is 0 Å². The summed E-state index contributed by atoms with van der Waals surface area (Å²) in [6, 6.07) is 18.9. The van der Waals surface area contributed by atoms with Crippen LogP contribution in [0, 0.1) is 0 Å². The number of carbonyl (C=O) groups is 1. The lowest BCUT2D eigenvalue weighted by atomic mass is 9.67. The number of dihydropyridines is 1.